The predicted octanol–water partition coefficient (Wildman–Crippen LogP) is 5.01. The highest BCUT2D eigenvalue weighted by molar-refractivity contribution is 7.14. The Kier molecular flexibility index (Phi) is 4.38. The summed E-state index contributed by atoms with van der Waals surface area (Å²) in [5, 5.41) is 3.82. The van der Waals surface area contributed by atoms with Gasteiger partial charge in [0.05, 0.1) is 0 Å². The zero-order valence-corrected chi connectivity index (χ0v) is 12.6. The van der Waals surface area contributed by atoms with Crippen LogP contribution in [0, 0.1) is 13.8 Å². The molecule has 0 fully saturated rings. The first-order valence-electron chi connectivity index (χ1n) is 5.57. The Balaban J connectivity index is 2.48. The molecule has 0 spiro atoms. The second-order valence-electron chi connectivity index (χ2n) is 4.04. The summed E-state index contributed by atoms with van der Waals surface area (Å²) in [5.74, 6) is 0. The van der Waals surface area contributed by atoms with Crippen LogP contribution < -0.4 is 0 Å². The van der Waals surface area contributed by atoms with Gasteiger partial charge in [0.2, 0.25) is 5.24 Å². The number of thiophene rings is 2. The van der Waals surface area contributed by atoms with Gasteiger partial charge in [0.25, 0.3) is 0 Å². The minimum absolute atomic E-state index is 0.269. The Morgan fingerprint density at radius 1 is 1.17 bits per heavy atom. The lowest BCUT2D eigenvalue weighted by Crippen LogP contribution is -1.89. The van der Waals surface area contributed by atoms with E-state index in [1.165, 1.54) is 20.9 Å². The Labute approximate surface area is 120 Å². The Hall–Kier alpha value is -0.900. The van der Waals surface area contributed by atoms with Crippen LogP contribution in [-0.2, 0) is 4.79 Å². The summed E-state index contributed by atoms with van der Waals surface area (Å²) in [5.41, 5.74) is 3.60. The summed E-state index contributed by atoms with van der Waals surface area (Å²) in [4.78, 5) is 13.4. The summed E-state index contributed by atoms with van der Waals surface area (Å²) >= 11 is 8.85. The van der Waals surface area contributed by atoms with E-state index in [4.69, 9.17) is 11.6 Å². The largest absolute Gasteiger partial charge is 0.281 e. The molecular formula is C14H13ClOS2. The Morgan fingerprint density at radius 3 is 2.00 bits per heavy atom. The van der Waals surface area contributed by atoms with E-state index in [0.717, 1.165) is 5.57 Å². The monoisotopic (exact) mass is 296 g/mol. The van der Waals surface area contributed by atoms with Crippen molar-refractivity contribution < 1.29 is 4.79 Å². The van der Waals surface area contributed by atoms with Gasteiger partial charge >= 0.3 is 0 Å². The van der Waals surface area contributed by atoms with Gasteiger partial charge in [0.15, 0.2) is 0 Å². The number of hydrogen-bond donors (Lipinski definition) is 0. The minimum Gasteiger partial charge on any atom is -0.281 e. The fourth-order valence-electron chi connectivity index (χ4n) is 1.77. The van der Waals surface area contributed by atoms with E-state index in [0.29, 0.717) is 0 Å². The van der Waals surface area contributed by atoms with Crippen molar-refractivity contribution in [2.24, 2.45) is 0 Å². The molecule has 0 saturated carbocycles. The standard InChI is InChI=1S/C14H13ClOS2/c1-9-5-7-17-13(9)11(3-4-12(15)16)14-10(2)6-8-18-14/h3,5-8H,4H2,1-2H3. The van der Waals surface area contributed by atoms with Gasteiger partial charge in [-0.05, 0) is 59.5 Å². The average molecular weight is 297 g/mol. The SMILES string of the molecule is Cc1ccsc1C(=CCC(=O)Cl)c1sccc1C. The molecule has 0 atom stereocenters. The van der Waals surface area contributed by atoms with Crippen molar-refractivity contribution in [1.82, 2.24) is 0 Å². The minimum atomic E-state index is -0.323. The maximum atomic E-state index is 11.0. The molecular weight excluding hydrogens is 284 g/mol. The molecule has 94 valence electrons. The van der Waals surface area contributed by atoms with Crippen LogP contribution in [0.3, 0.4) is 0 Å². The summed E-state index contributed by atoms with van der Waals surface area (Å²) in [6.45, 7) is 4.18. The Bertz CT molecular complexity index is 550. The van der Waals surface area contributed by atoms with E-state index in [-0.39, 0.29) is 11.7 Å². The molecule has 0 aliphatic carbocycles. The molecule has 0 bridgehead atoms. The first-order chi connectivity index (χ1) is 8.59. The third kappa shape index (κ3) is 2.91. The van der Waals surface area contributed by atoms with Gasteiger partial charge in [0.1, 0.15) is 0 Å². The molecule has 0 amide bonds. The molecule has 0 radical (unpaired) electrons. The number of rotatable bonds is 4. The summed E-state index contributed by atoms with van der Waals surface area (Å²) in [6, 6.07) is 4.19. The number of aryl methyl sites for hydroxylation is 2. The molecule has 0 aliphatic heterocycles. The molecule has 0 aliphatic rings. The molecule has 0 aromatic carbocycles. The van der Waals surface area contributed by atoms with Crippen molar-refractivity contribution in [2.75, 3.05) is 0 Å². The molecule has 18 heavy (non-hydrogen) atoms. The second kappa shape index (κ2) is 5.83. The Morgan fingerprint density at radius 2 is 1.67 bits per heavy atom. The highest BCUT2D eigenvalue weighted by atomic mass is 35.5. The first kappa shape index (κ1) is 13.5. The van der Waals surface area contributed by atoms with Gasteiger partial charge < -0.3 is 0 Å². The highest BCUT2D eigenvalue weighted by Gasteiger charge is 2.13. The van der Waals surface area contributed by atoms with Crippen LogP contribution in [-0.4, -0.2) is 5.24 Å². The van der Waals surface area contributed by atoms with Crippen molar-refractivity contribution in [3.63, 3.8) is 0 Å². The smallest absolute Gasteiger partial charge is 0.225 e. The van der Waals surface area contributed by atoms with Crippen molar-refractivity contribution in [3.8, 4) is 0 Å². The van der Waals surface area contributed by atoms with Crippen molar-refractivity contribution in [3.05, 3.63) is 49.9 Å². The third-order valence-corrected chi connectivity index (χ3v) is 4.93. The van der Waals surface area contributed by atoms with Crippen LogP contribution in [0.4, 0.5) is 0 Å². The van der Waals surface area contributed by atoms with Gasteiger partial charge in [-0.1, -0.05) is 6.08 Å². The maximum absolute atomic E-state index is 11.0. The topological polar surface area (TPSA) is 17.1 Å². The molecule has 2 aromatic rings. The van der Waals surface area contributed by atoms with Crippen LogP contribution in [0.2, 0.25) is 0 Å². The van der Waals surface area contributed by atoms with E-state index < -0.39 is 0 Å². The van der Waals surface area contributed by atoms with Crippen molar-refractivity contribution >= 4 is 45.1 Å². The molecule has 0 unspecified atom stereocenters. The lowest BCUT2D eigenvalue weighted by Gasteiger charge is -2.06. The van der Waals surface area contributed by atoms with Crippen LogP contribution in [0.5, 0.6) is 0 Å². The van der Waals surface area contributed by atoms with Crippen LogP contribution in [0.1, 0.15) is 27.3 Å². The van der Waals surface area contributed by atoms with E-state index in [1.807, 2.05) is 6.08 Å². The number of hydrogen-bond acceptors (Lipinski definition) is 3. The lowest BCUT2D eigenvalue weighted by atomic mass is 10.1. The molecule has 2 aromatic heterocycles. The van der Waals surface area contributed by atoms with E-state index in [9.17, 15) is 4.79 Å². The molecule has 1 nitrogen and oxygen atoms in total. The van der Waals surface area contributed by atoms with Crippen molar-refractivity contribution in [1.29, 1.82) is 0 Å². The van der Waals surface area contributed by atoms with E-state index in [1.54, 1.807) is 22.7 Å². The molecule has 0 saturated heterocycles. The van der Waals surface area contributed by atoms with Gasteiger partial charge in [-0.15, -0.1) is 22.7 Å². The second-order valence-corrected chi connectivity index (χ2v) is 6.30. The van der Waals surface area contributed by atoms with Crippen LogP contribution in [0.25, 0.3) is 5.57 Å². The first-order valence-corrected chi connectivity index (χ1v) is 7.70. The van der Waals surface area contributed by atoms with Gasteiger partial charge in [-0.3, -0.25) is 4.79 Å². The fraction of sp³-hybridized carbons (Fsp3) is 0.214. The maximum Gasteiger partial charge on any atom is 0.225 e. The molecule has 2 rings (SSSR count). The van der Waals surface area contributed by atoms with E-state index >= 15 is 0 Å². The predicted molar refractivity (Wildman–Crippen MR) is 80.7 cm³/mol. The quantitative estimate of drug-likeness (QED) is 0.725. The zero-order valence-electron chi connectivity index (χ0n) is 10.2. The van der Waals surface area contributed by atoms with Gasteiger partial charge in [-0.25, -0.2) is 0 Å². The number of halogens is 1. The number of carbonyl (C=O) groups excluding carboxylic acids is 1. The fourth-order valence-corrected chi connectivity index (χ4v) is 3.86. The lowest BCUT2D eigenvalue weighted by molar-refractivity contribution is -0.110. The zero-order chi connectivity index (χ0) is 13.1. The normalized spacial score (nSPS) is 10.4. The van der Waals surface area contributed by atoms with Gasteiger partial charge in [-0.2, -0.15) is 0 Å². The van der Waals surface area contributed by atoms with Crippen molar-refractivity contribution in [2.45, 2.75) is 20.3 Å². The van der Waals surface area contributed by atoms with E-state index in [2.05, 4.69) is 36.7 Å². The number of allylic oxidation sites excluding steroid dienone is 1. The summed E-state index contributed by atoms with van der Waals surface area (Å²) in [7, 11) is 0. The molecule has 4 heteroatoms. The average Bonchev–Trinajstić information content (AvgIpc) is 2.90. The molecule has 0 N–H and O–H groups in total. The van der Waals surface area contributed by atoms with Crippen LogP contribution in [0.15, 0.2) is 29.0 Å². The molecule has 2 heterocycles. The highest BCUT2D eigenvalue weighted by Crippen LogP contribution is 2.35. The van der Waals surface area contributed by atoms with Gasteiger partial charge in [0, 0.05) is 21.7 Å². The third-order valence-electron chi connectivity index (χ3n) is 2.68. The summed E-state index contributed by atoms with van der Waals surface area (Å²) in [6.07, 6.45) is 2.21. The number of carbonyl (C=O) groups is 1. The summed E-state index contributed by atoms with van der Waals surface area (Å²) < 4.78 is 0. The van der Waals surface area contributed by atoms with Crippen LogP contribution >= 0.6 is 34.3 Å².